The lowest BCUT2D eigenvalue weighted by Crippen LogP contribution is -2.32. The molecule has 1 aromatic rings. The number of carbonyl (C=O) groups is 1. The Kier molecular flexibility index (Phi) is 2.08. The van der Waals surface area contributed by atoms with Crippen LogP contribution in [0, 0.1) is 0 Å². The van der Waals surface area contributed by atoms with Gasteiger partial charge in [-0.05, 0) is 24.1 Å². The zero-order chi connectivity index (χ0) is 11.6. The van der Waals surface area contributed by atoms with Crippen LogP contribution in [0.15, 0.2) is 24.2 Å². The maximum Gasteiger partial charge on any atom is 0.320 e. The molecule has 0 heterocycles. The highest BCUT2D eigenvalue weighted by Gasteiger charge is 2.11. The second kappa shape index (κ2) is 3.91. The van der Waals surface area contributed by atoms with Crippen molar-refractivity contribution in [3.8, 4) is 5.75 Å². The van der Waals surface area contributed by atoms with Crippen molar-refractivity contribution in [2.75, 3.05) is 0 Å². The first-order valence-corrected chi connectivity index (χ1v) is 3.63. The molecule has 0 spiro atoms. The minimum atomic E-state index is -1.38. The Morgan fingerprint density at radius 1 is 1.69 bits per heavy atom. The second-order valence-corrected chi connectivity index (χ2v) is 2.53. The van der Waals surface area contributed by atoms with Crippen LogP contribution in [0.3, 0.4) is 0 Å². The molecular formula is C9H11NO3. The van der Waals surface area contributed by atoms with Gasteiger partial charge in [-0.2, -0.15) is 0 Å². The zero-order valence-corrected chi connectivity index (χ0v) is 6.77. The van der Waals surface area contributed by atoms with Gasteiger partial charge in [0.15, 0.2) is 0 Å². The SMILES string of the molecule is [2H]c1cc(O)ccc1C([2H])[C@H](N)C(=O)O. The maximum atomic E-state index is 10.5. The monoisotopic (exact) mass is 183 g/mol. The molecule has 1 unspecified atom stereocenters. The molecule has 0 aliphatic rings. The lowest BCUT2D eigenvalue weighted by atomic mass is 10.1. The molecule has 0 saturated carbocycles. The van der Waals surface area contributed by atoms with Gasteiger partial charge in [0.25, 0.3) is 0 Å². The average Bonchev–Trinajstić information content (AvgIpc) is 2.15. The Morgan fingerprint density at radius 2 is 2.38 bits per heavy atom. The number of rotatable bonds is 3. The highest BCUT2D eigenvalue weighted by molar-refractivity contribution is 5.73. The summed E-state index contributed by atoms with van der Waals surface area (Å²) in [4.78, 5) is 10.5. The first kappa shape index (κ1) is 6.91. The van der Waals surface area contributed by atoms with Crippen molar-refractivity contribution < 1.29 is 17.7 Å². The molecule has 0 fully saturated rings. The maximum absolute atomic E-state index is 10.5. The molecule has 1 aromatic carbocycles. The summed E-state index contributed by atoms with van der Waals surface area (Å²) >= 11 is 0. The number of aromatic hydroxyl groups is 1. The van der Waals surface area contributed by atoms with Gasteiger partial charge in [0, 0.05) is 1.37 Å². The quantitative estimate of drug-likeness (QED) is 0.631. The molecule has 0 aliphatic heterocycles. The summed E-state index contributed by atoms with van der Waals surface area (Å²) in [5, 5.41) is 17.6. The molecule has 4 nitrogen and oxygen atoms in total. The van der Waals surface area contributed by atoms with Gasteiger partial charge in [-0.25, -0.2) is 0 Å². The summed E-state index contributed by atoms with van der Waals surface area (Å²) in [6, 6.07) is 2.30. The minimum Gasteiger partial charge on any atom is -0.508 e. The van der Waals surface area contributed by atoms with E-state index in [9.17, 15) is 4.79 Å². The number of phenolic OH excluding ortho intramolecular Hbond substituents is 1. The average molecular weight is 183 g/mol. The fourth-order valence-corrected chi connectivity index (χ4v) is 0.797. The van der Waals surface area contributed by atoms with Crippen molar-refractivity contribution in [3.63, 3.8) is 0 Å². The standard InChI is InChI=1S/C9H11NO3/c10-8(9(12)13)5-6-1-3-7(11)4-2-6/h1-4,8,11H,5,10H2,(H,12,13)/t8-/m0/s1/i1D,5D/t5?,8-. The van der Waals surface area contributed by atoms with E-state index >= 15 is 0 Å². The van der Waals surface area contributed by atoms with Crippen LogP contribution in [0.2, 0.25) is 0 Å². The molecule has 0 aliphatic carbocycles. The van der Waals surface area contributed by atoms with Gasteiger partial charge in [0.05, 0.1) is 1.37 Å². The van der Waals surface area contributed by atoms with E-state index in [1.807, 2.05) is 0 Å². The van der Waals surface area contributed by atoms with Gasteiger partial charge in [0.2, 0.25) is 0 Å². The van der Waals surface area contributed by atoms with E-state index in [2.05, 4.69) is 0 Å². The lowest BCUT2D eigenvalue weighted by molar-refractivity contribution is -0.138. The first-order valence-electron chi connectivity index (χ1n) is 4.71. The van der Waals surface area contributed by atoms with Crippen LogP contribution >= 0.6 is 0 Å². The number of aliphatic carboxylic acids is 1. The predicted molar refractivity (Wildman–Crippen MR) is 47.4 cm³/mol. The number of nitrogens with two attached hydrogens (primary N) is 1. The highest BCUT2D eigenvalue weighted by atomic mass is 16.4. The molecule has 0 amide bonds. The Labute approximate surface area is 78.4 Å². The summed E-state index contributed by atoms with van der Waals surface area (Å²) in [5.74, 6) is -1.39. The van der Waals surface area contributed by atoms with E-state index < -0.39 is 18.4 Å². The van der Waals surface area contributed by atoms with Crippen molar-refractivity contribution in [1.82, 2.24) is 0 Å². The Hall–Kier alpha value is -1.55. The van der Waals surface area contributed by atoms with Gasteiger partial charge in [-0.3, -0.25) is 4.79 Å². The molecular weight excluding hydrogens is 170 g/mol. The summed E-state index contributed by atoms with van der Waals surface area (Å²) in [5.41, 5.74) is 5.45. The van der Waals surface area contributed by atoms with E-state index in [0.717, 1.165) is 6.07 Å². The number of hydrogen-bond donors (Lipinski definition) is 3. The van der Waals surface area contributed by atoms with Gasteiger partial charge in [-0.15, -0.1) is 0 Å². The summed E-state index contributed by atoms with van der Waals surface area (Å²) in [6.07, 6.45) is -1.21. The van der Waals surface area contributed by atoms with E-state index in [1.54, 1.807) is 0 Å². The van der Waals surface area contributed by atoms with E-state index in [1.165, 1.54) is 12.1 Å². The molecule has 4 heteroatoms. The minimum absolute atomic E-state index is 0.0910. The van der Waals surface area contributed by atoms with Crippen LogP contribution in [-0.2, 0) is 11.2 Å². The summed E-state index contributed by atoms with van der Waals surface area (Å²) < 4.78 is 15.0. The largest absolute Gasteiger partial charge is 0.508 e. The third kappa shape index (κ3) is 2.76. The molecule has 0 radical (unpaired) electrons. The van der Waals surface area contributed by atoms with E-state index in [0.29, 0.717) is 0 Å². The normalized spacial score (nSPS) is 17.0. The lowest BCUT2D eigenvalue weighted by Gasteiger charge is -2.05. The van der Waals surface area contributed by atoms with Crippen LogP contribution in [0.4, 0.5) is 0 Å². The first-order chi connectivity index (χ1) is 6.93. The number of hydrogen-bond acceptors (Lipinski definition) is 3. The van der Waals surface area contributed by atoms with Crippen molar-refractivity contribution in [1.29, 1.82) is 0 Å². The topological polar surface area (TPSA) is 83.5 Å². The van der Waals surface area contributed by atoms with Crippen molar-refractivity contribution in [2.24, 2.45) is 5.73 Å². The summed E-state index contributed by atoms with van der Waals surface area (Å²) in [6.45, 7) is 0. The number of carboxylic acid groups (broad SMARTS) is 1. The third-order valence-corrected chi connectivity index (χ3v) is 1.46. The number of phenols is 1. The van der Waals surface area contributed by atoms with Crippen molar-refractivity contribution >= 4 is 5.97 Å². The van der Waals surface area contributed by atoms with Crippen LogP contribution in [0.5, 0.6) is 5.75 Å². The molecule has 1 rings (SSSR count). The van der Waals surface area contributed by atoms with Crippen LogP contribution in [0.1, 0.15) is 8.30 Å². The molecule has 2 atom stereocenters. The second-order valence-electron chi connectivity index (χ2n) is 2.53. The van der Waals surface area contributed by atoms with Crippen molar-refractivity contribution in [3.05, 3.63) is 29.8 Å². The Morgan fingerprint density at radius 3 is 2.92 bits per heavy atom. The summed E-state index contributed by atoms with van der Waals surface area (Å²) in [7, 11) is 0. The number of carboxylic acids is 1. The predicted octanol–water partition coefficient (Wildman–Crippen LogP) is 0.347. The van der Waals surface area contributed by atoms with Gasteiger partial charge < -0.3 is 15.9 Å². The molecule has 13 heavy (non-hydrogen) atoms. The fraction of sp³-hybridized carbons (Fsp3) is 0.222. The van der Waals surface area contributed by atoms with Crippen molar-refractivity contribution in [2.45, 2.75) is 12.4 Å². The molecule has 0 bridgehead atoms. The molecule has 4 N–H and O–H groups in total. The third-order valence-electron chi connectivity index (χ3n) is 1.46. The number of benzene rings is 1. The fourth-order valence-electron chi connectivity index (χ4n) is 0.797. The molecule has 0 aromatic heterocycles. The van der Waals surface area contributed by atoms with Gasteiger partial charge in [0.1, 0.15) is 11.8 Å². The zero-order valence-electron chi connectivity index (χ0n) is 8.77. The van der Waals surface area contributed by atoms with E-state index in [-0.39, 0.29) is 17.4 Å². The highest BCUT2D eigenvalue weighted by Crippen LogP contribution is 2.10. The van der Waals surface area contributed by atoms with Crippen LogP contribution in [0.25, 0.3) is 0 Å². The van der Waals surface area contributed by atoms with Crippen LogP contribution in [-0.4, -0.2) is 22.2 Å². The van der Waals surface area contributed by atoms with E-state index in [4.69, 9.17) is 18.7 Å². The Balaban J connectivity index is 3.01. The van der Waals surface area contributed by atoms with Gasteiger partial charge >= 0.3 is 5.97 Å². The Bertz CT molecular complexity index is 384. The van der Waals surface area contributed by atoms with Gasteiger partial charge in [-0.1, -0.05) is 12.1 Å². The van der Waals surface area contributed by atoms with Crippen LogP contribution < -0.4 is 5.73 Å². The smallest absolute Gasteiger partial charge is 0.320 e. The molecule has 0 saturated heterocycles. The molecule has 70 valence electrons.